The summed E-state index contributed by atoms with van der Waals surface area (Å²) in [5.41, 5.74) is 3.71. The number of rotatable bonds is 0. The lowest BCUT2D eigenvalue weighted by Gasteiger charge is -2.00. The Labute approximate surface area is 80.3 Å². The molecule has 0 fully saturated rings. The summed E-state index contributed by atoms with van der Waals surface area (Å²) in [5.74, 6) is 0. The van der Waals surface area contributed by atoms with Crippen LogP contribution in [0.4, 0.5) is 0 Å². The van der Waals surface area contributed by atoms with Gasteiger partial charge in [0.05, 0.1) is 17.9 Å². The van der Waals surface area contributed by atoms with E-state index in [0.29, 0.717) is 0 Å². The molecule has 0 aliphatic carbocycles. The third-order valence-corrected chi connectivity index (χ3v) is 2.22. The Hall–Kier alpha value is -1.97. The van der Waals surface area contributed by atoms with E-state index >= 15 is 0 Å². The van der Waals surface area contributed by atoms with Crippen LogP contribution in [0.2, 0.25) is 0 Å². The Morgan fingerprint density at radius 1 is 1.21 bits per heavy atom. The van der Waals surface area contributed by atoms with Gasteiger partial charge in [-0.05, 0) is 19.1 Å². The SMILES string of the molecule is Cc1ccc2ncc3cncn3c2n1. The molecule has 14 heavy (non-hydrogen) atoms. The zero-order valence-corrected chi connectivity index (χ0v) is 7.68. The van der Waals surface area contributed by atoms with Gasteiger partial charge in [0.25, 0.3) is 0 Å². The zero-order valence-electron chi connectivity index (χ0n) is 7.68. The number of nitrogens with zero attached hydrogens (tertiary/aromatic N) is 4. The van der Waals surface area contributed by atoms with Crippen LogP contribution in [0.25, 0.3) is 16.7 Å². The summed E-state index contributed by atoms with van der Waals surface area (Å²) in [4.78, 5) is 12.8. The Kier molecular flexibility index (Phi) is 1.33. The van der Waals surface area contributed by atoms with Crippen molar-refractivity contribution in [3.8, 4) is 0 Å². The molecule has 0 saturated carbocycles. The van der Waals surface area contributed by atoms with Crippen molar-refractivity contribution < 1.29 is 0 Å². The smallest absolute Gasteiger partial charge is 0.164 e. The second kappa shape index (κ2) is 2.51. The molecule has 0 N–H and O–H groups in total. The Morgan fingerprint density at radius 2 is 2.14 bits per heavy atom. The zero-order chi connectivity index (χ0) is 9.54. The van der Waals surface area contributed by atoms with Crippen molar-refractivity contribution in [2.24, 2.45) is 0 Å². The predicted molar refractivity (Wildman–Crippen MR) is 53.0 cm³/mol. The molecular formula is C10H8N4. The van der Waals surface area contributed by atoms with Crippen LogP contribution in [-0.2, 0) is 0 Å². The maximum absolute atomic E-state index is 4.44. The maximum atomic E-state index is 4.44. The minimum Gasteiger partial charge on any atom is -0.280 e. The molecule has 0 atom stereocenters. The fraction of sp³-hybridized carbons (Fsp3) is 0.100. The van der Waals surface area contributed by atoms with Gasteiger partial charge in [-0.1, -0.05) is 0 Å². The third kappa shape index (κ3) is 0.907. The van der Waals surface area contributed by atoms with Crippen LogP contribution in [0.5, 0.6) is 0 Å². The molecule has 0 aliphatic rings. The lowest BCUT2D eigenvalue weighted by Crippen LogP contribution is -1.93. The summed E-state index contributed by atoms with van der Waals surface area (Å²) in [6.45, 7) is 1.97. The van der Waals surface area contributed by atoms with E-state index in [4.69, 9.17) is 0 Å². The molecule has 0 saturated heterocycles. The molecule has 0 aromatic carbocycles. The average molecular weight is 184 g/mol. The predicted octanol–water partition coefficient (Wildman–Crippen LogP) is 1.59. The van der Waals surface area contributed by atoms with Gasteiger partial charge in [0, 0.05) is 5.69 Å². The topological polar surface area (TPSA) is 43.1 Å². The number of hydrogen-bond donors (Lipinski definition) is 0. The highest BCUT2D eigenvalue weighted by Gasteiger charge is 2.01. The van der Waals surface area contributed by atoms with Crippen molar-refractivity contribution in [3.05, 3.63) is 36.5 Å². The minimum absolute atomic E-state index is 0.861. The number of hydrogen-bond acceptors (Lipinski definition) is 3. The van der Waals surface area contributed by atoms with Crippen LogP contribution >= 0.6 is 0 Å². The van der Waals surface area contributed by atoms with Crippen molar-refractivity contribution >= 4 is 16.7 Å². The van der Waals surface area contributed by atoms with E-state index in [1.165, 1.54) is 0 Å². The Bertz CT molecular complexity index is 612. The van der Waals surface area contributed by atoms with Gasteiger partial charge in [-0.25, -0.2) is 9.97 Å². The number of aromatic nitrogens is 4. The van der Waals surface area contributed by atoms with Crippen LogP contribution in [-0.4, -0.2) is 19.4 Å². The third-order valence-electron chi connectivity index (χ3n) is 2.22. The second-order valence-corrected chi connectivity index (χ2v) is 3.24. The van der Waals surface area contributed by atoms with Gasteiger partial charge in [0.15, 0.2) is 5.65 Å². The van der Waals surface area contributed by atoms with E-state index in [2.05, 4.69) is 15.0 Å². The van der Waals surface area contributed by atoms with Crippen molar-refractivity contribution in [1.29, 1.82) is 0 Å². The lowest BCUT2D eigenvalue weighted by molar-refractivity contribution is 1.11. The quantitative estimate of drug-likeness (QED) is 0.532. The first-order chi connectivity index (χ1) is 6.84. The van der Waals surface area contributed by atoms with Crippen molar-refractivity contribution in [1.82, 2.24) is 19.4 Å². The fourth-order valence-corrected chi connectivity index (χ4v) is 1.53. The van der Waals surface area contributed by atoms with Gasteiger partial charge >= 0.3 is 0 Å². The van der Waals surface area contributed by atoms with Gasteiger partial charge in [0.2, 0.25) is 0 Å². The lowest BCUT2D eigenvalue weighted by atomic mass is 10.3. The summed E-state index contributed by atoms with van der Waals surface area (Å²) in [5, 5.41) is 0. The van der Waals surface area contributed by atoms with Gasteiger partial charge in [-0.2, -0.15) is 0 Å². The van der Waals surface area contributed by atoms with E-state index in [1.807, 2.05) is 23.5 Å². The first kappa shape index (κ1) is 7.44. The molecule has 0 amide bonds. The largest absolute Gasteiger partial charge is 0.280 e. The highest BCUT2D eigenvalue weighted by molar-refractivity contribution is 5.73. The first-order valence-electron chi connectivity index (χ1n) is 4.39. The van der Waals surface area contributed by atoms with Crippen molar-refractivity contribution in [2.75, 3.05) is 0 Å². The van der Waals surface area contributed by atoms with E-state index in [0.717, 1.165) is 22.4 Å². The maximum Gasteiger partial charge on any atom is 0.164 e. The highest BCUT2D eigenvalue weighted by atomic mass is 15.0. The van der Waals surface area contributed by atoms with Crippen LogP contribution in [0.3, 0.4) is 0 Å². The Balaban J connectivity index is 2.60. The molecule has 4 heteroatoms. The highest BCUT2D eigenvalue weighted by Crippen LogP contribution is 2.12. The summed E-state index contributed by atoms with van der Waals surface area (Å²) >= 11 is 0. The molecule has 4 nitrogen and oxygen atoms in total. The van der Waals surface area contributed by atoms with Crippen LogP contribution in [0, 0.1) is 6.92 Å². The van der Waals surface area contributed by atoms with Crippen LogP contribution in [0.15, 0.2) is 30.9 Å². The molecule has 0 spiro atoms. The number of pyridine rings is 1. The van der Waals surface area contributed by atoms with Gasteiger partial charge in [-0.3, -0.25) is 9.38 Å². The molecular weight excluding hydrogens is 176 g/mol. The van der Waals surface area contributed by atoms with E-state index in [-0.39, 0.29) is 0 Å². The average Bonchev–Trinajstić information content (AvgIpc) is 2.65. The molecule has 0 radical (unpaired) electrons. The second-order valence-electron chi connectivity index (χ2n) is 3.24. The monoisotopic (exact) mass is 184 g/mol. The molecule has 0 aliphatic heterocycles. The molecule has 3 rings (SSSR count). The Morgan fingerprint density at radius 3 is 3.07 bits per heavy atom. The molecule has 3 heterocycles. The fourth-order valence-electron chi connectivity index (χ4n) is 1.53. The normalized spacial score (nSPS) is 11.2. The summed E-state index contributed by atoms with van der Waals surface area (Å²) in [6, 6.07) is 3.93. The molecule has 0 bridgehead atoms. The standard InChI is InChI=1S/C10H8N4/c1-7-2-3-9-10(13-7)14-6-11-4-8(14)5-12-9/h2-6H,1H3. The van der Waals surface area contributed by atoms with E-state index in [9.17, 15) is 0 Å². The van der Waals surface area contributed by atoms with E-state index in [1.54, 1.807) is 18.7 Å². The summed E-state index contributed by atoms with van der Waals surface area (Å²) < 4.78 is 1.94. The summed E-state index contributed by atoms with van der Waals surface area (Å²) in [7, 11) is 0. The first-order valence-corrected chi connectivity index (χ1v) is 4.39. The van der Waals surface area contributed by atoms with Gasteiger partial charge in [0.1, 0.15) is 11.8 Å². The van der Waals surface area contributed by atoms with Crippen molar-refractivity contribution in [2.45, 2.75) is 6.92 Å². The number of imidazole rings is 1. The summed E-state index contributed by atoms with van der Waals surface area (Å²) in [6.07, 6.45) is 5.33. The van der Waals surface area contributed by atoms with E-state index < -0.39 is 0 Å². The van der Waals surface area contributed by atoms with Crippen LogP contribution < -0.4 is 0 Å². The minimum atomic E-state index is 0.861. The van der Waals surface area contributed by atoms with Gasteiger partial charge < -0.3 is 0 Å². The molecule has 68 valence electrons. The van der Waals surface area contributed by atoms with Crippen LogP contribution in [0.1, 0.15) is 5.69 Å². The van der Waals surface area contributed by atoms with Gasteiger partial charge in [-0.15, -0.1) is 0 Å². The molecule has 3 aromatic heterocycles. The number of fused-ring (bicyclic) bond motifs is 3. The molecule has 0 unspecified atom stereocenters. The number of aryl methyl sites for hydroxylation is 1. The van der Waals surface area contributed by atoms with Crippen molar-refractivity contribution in [3.63, 3.8) is 0 Å². The molecule has 3 aromatic rings.